The van der Waals surface area contributed by atoms with E-state index in [0.29, 0.717) is 31.1 Å². The first kappa shape index (κ1) is 16.3. The van der Waals surface area contributed by atoms with Crippen molar-refractivity contribution in [3.8, 4) is 28.6 Å². The quantitative estimate of drug-likeness (QED) is 0.802. The molecule has 128 valence electrons. The van der Waals surface area contributed by atoms with Crippen molar-refractivity contribution in [3.63, 3.8) is 0 Å². The molecule has 0 bridgehead atoms. The Morgan fingerprint density at radius 2 is 1.96 bits per heavy atom. The zero-order chi connectivity index (χ0) is 17.1. The van der Waals surface area contributed by atoms with Gasteiger partial charge in [0.25, 0.3) is 0 Å². The van der Waals surface area contributed by atoms with Gasteiger partial charge in [-0.3, -0.25) is 4.57 Å². The van der Waals surface area contributed by atoms with Crippen LogP contribution in [0.15, 0.2) is 23.0 Å². The minimum Gasteiger partial charge on any atom is -0.493 e. The molecule has 1 aliphatic rings. The van der Waals surface area contributed by atoms with E-state index in [-0.39, 0.29) is 18.2 Å². The summed E-state index contributed by atoms with van der Waals surface area (Å²) in [5.41, 5.74) is 2.40. The summed E-state index contributed by atoms with van der Waals surface area (Å²) in [6.07, 6.45) is 1.21. The number of benzene rings is 1. The minimum atomic E-state index is -0.341. The Kier molecular flexibility index (Phi) is 4.71. The lowest BCUT2D eigenvalue weighted by molar-refractivity contribution is 0.228. The molecule has 2 heterocycles. The molecular weight excluding hydrogens is 312 g/mol. The monoisotopic (exact) mass is 332 g/mol. The van der Waals surface area contributed by atoms with Crippen LogP contribution in [-0.2, 0) is 13.0 Å². The van der Waals surface area contributed by atoms with Crippen molar-refractivity contribution in [1.29, 1.82) is 0 Å². The van der Waals surface area contributed by atoms with E-state index >= 15 is 0 Å². The summed E-state index contributed by atoms with van der Waals surface area (Å²) in [4.78, 5) is 16.2. The molecule has 0 atom stereocenters. The summed E-state index contributed by atoms with van der Waals surface area (Å²) in [6, 6.07) is 5.56. The van der Waals surface area contributed by atoms with Crippen molar-refractivity contribution in [2.24, 2.45) is 0 Å². The minimum absolute atomic E-state index is 0.0315. The van der Waals surface area contributed by atoms with Crippen LogP contribution in [0.1, 0.15) is 12.0 Å². The maximum atomic E-state index is 12.3. The van der Waals surface area contributed by atoms with Gasteiger partial charge in [0.15, 0.2) is 11.5 Å². The highest BCUT2D eigenvalue weighted by Crippen LogP contribution is 2.38. The number of aromatic nitrogens is 2. The third-order valence-electron chi connectivity index (χ3n) is 4.03. The number of fused-ring (bicyclic) bond motifs is 3. The van der Waals surface area contributed by atoms with Crippen molar-refractivity contribution in [1.82, 2.24) is 9.55 Å². The second kappa shape index (κ2) is 6.92. The molecule has 1 N–H and O–H groups in total. The Bertz CT molecular complexity index is 800. The molecule has 0 spiro atoms. The van der Waals surface area contributed by atoms with E-state index in [9.17, 15) is 4.79 Å². The molecule has 1 aliphatic heterocycles. The maximum absolute atomic E-state index is 12.3. The summed E-state index contributed by atoms with van der Waals surface area (Å²) >= 11 is 0. The molecule has 7 nitrogen and oxygen atoms in total. The molecule has 0 saturated heterocycles. The summed E-state index contributed by atoms with van der Waals surface area (Å²) in [5, 5.41) is 8.84. The Balaban J connectivity index is 2.07. The first-order valence-corrected chi connectivity index (χ1v) is 7.78. The molecule has 2 aromatic rings. The fourth-order valence-electron chi connectivity index (χ4n) is 2.84. The molecule has 0 saturated carbocycles. The first-order valence-electron chi connectivity index (χ1n) is 7.78. The van der Waals surface area contributed by atoms with E-state index in [1.165, 1.54) is 0 Å². The van der Waals surface area contributed by atoms with Gasteiger partial charge in [-0.05, 0) is 24.1 Å². The average Bonchev–Trinajstić information content (AvgIpc) is 2.60. The molecule has 24 heavy (non-hydrogen) atoms. The van der Waals surface area contributed by atoms with Gasteiger partial charge in [-0.25, -0.2) is 4.79 Å². The van der Waals surface area contributed by atoms with Crippen LogP contribution < -0.4 is 19.9 Å². The van der Waals surface area contributed by atoms with Gasteiger partial charge in [0.2, 0.25) is 5.88 Å². The molecule has 0 radical (unpaired) electrons. The van der Waals surface area contributed by atoms with Gasteiger partial charge in [-0.15, -0.1) is 0 Å². The van der Waals surface area contributed by atoms with Crippen LogP contribution in [-0.4, -0.2) is 42.1 Å². The largest absolute Gasteiger partial charge is 0.493 e. The molecular formula is C17H20N2O5. The second-order valence-electron chi connectivity index (χ2n) is 5.45. The maximum Gasteiger partial charge on any atom is 0.351 e. The standard InChI is InChI=1S/C17H20N2O5/c1-22-14-8-11-4-5-19-13(12(11)9-15(14)23-2)10-16(18-17(19)21)24-7-3-6-20/h8-10,20H,3-7H2,1-2H3. The average molecular weight is 332 g/mol. The van der Waals surface area contributed by atoms with Crippen LogP contribution in [0, 0.1) is 0 Å². The number of nitrogens with zero attached hydrogens (tertiary/aromatic N) is 2. The zero-order valence-electron chi connectivity index (χ0n) is 13.7. The Morgan fingerprint density at radius 3 is 2.67 bits per heavy atom. The first-order chi connectivity index (χ1) is 11.7. The van der Waals surface area contributed by atoms with Gasteiger partial charge in [-0.2, -0.15) is 4.98 Å². The summed E-state index contributed by atoms with van der Waals surface area (Å²) in [7, 11) is 3.18. The summed E-state index contributed by atoms with van der Waals surface area (Å²) in [5.74, 6) is 1.54. The number of hydrogen-bond donors (Lipinski definition) is 1. The van der Waals surface area contributed by atoms with Crippen LogP contribution in [0.2, 0.25) is 0 Å². The van der Waals surface area contributed by atoms with Gasteiger partial charge in [0.05, 0.1) is 26.5 Å². The SMILES string of the molecule is COc1cc2c(cc1OC)-c1cc(OCCCO)nc(=O)n1CC2. The van der Waals surface area contributed by atoms with E-state index in [4.69, 9.17) is 19.3 Å². The fourth-order valence-corrected chi connectivity index (χ4v) is 2.84. The highest BCUT2D eigenvalue weighted by Gasteiger charge is 2.21. The molecule has 1 aromatic heterocycles. The predicted octanol–water partition coefficient (Wildman–Crippen LogP) is 1.24. The van der Waals surface area contributed by atoms with E-state index in [0.717, 1.165) is 23.2 Å². The van der Waals surface area contributed by atoms with E-state index in [2.05, 4.69) is 4.98 Å². The van der Waals surface area contributed by atoms with Gasteiger partial charge in [0.1, 0.15) is 0 Å². The van der Waals surface area contributed by atoms with Gasteiger partial charge < -0.3 is 19.3 Å². The van der Waals surface area contributed by atoms with Crippen LogP contribution in [0.4, 0.5) is 0 Å². The number of methoxy groups -OCH3 is 2. The summed E-state index contributed by atoms with van der Waals surface area (Å²) in [6.45, 7) is 0.898. The van der Waals surface area contributed by atoms with Gasteiger partial charge in [0, 0.05) is 31.2 Å². The molecule has 0 amide bonds. The highest BCUT2D eigenvalue weighted by molar-refractivity contribution is 5.70. The number of aliphatic hydroxyl groups is 1. The topological polar surface area (TPSA) is 82.8 Å². The molecule has 3 rings (SSSR count). The molecule has 7 heteroatoms. The fraction of sp³-hybridized carbons (Fsp3) is 0.412. The summed E-state index contributed by atoms with van der Waals surface area (Å²) < 4.78 is 17.8. The van der Waals surface area contributed by atoms with Crippen molar-refractivity contribution in [2.45, 2.75) is 19.4 Å². The highest BCUT2D eigenvalue weighted by atomic mass is 16.5. The van der Waals surface area contributed by atoms with Crippen molar-refractivity contribution in [2.75, 3.05) is 27.4 Å². The van der Waals surface area contributed by atoms with E-state index in [1.807, 2.05) is 12.1 Å². The van der Waals surface area contributed by atoms with Gasteiger partial charge >= 0.3 is 5.69 Å². The normalized spacial score (nSPS) is 12.3. The Morgan fingerprint density at radius 1 is 1.21 bits per heavy atom. The molecule has 1 aromatic carbocycles. The van der Waals surface area contributed by atoms with Crippen LogP contribution >= 0.6 is 0 Å². The zero-order valence-corrected chi connectivity index (χ0v) is 13.7. The van der Waals surface area contributed by atoms with E-state index < -0.39 is 0 Å². The molecule has 0 unspecified atom stereocenters. The van der Waals surface area contributed by atoms with Crippen LogP contribution in [0.3, 0.4) is 0 Å². The van der Waals surface area contributed by atoms with Crippen LogP contribution in [0.5, 0.6) is 17.4 Å². The van der Waals surface area contributed by atoms with Crippen molar-refractivity contribution in [3.05, 3.63) is 34.2 Å². The number of rotatable bonds is 6. The van der Waals surface area contributed by atoms with Crippen LogP contribution in [0.25, 0.3) is 11.3 Å². The smallest absolute Gasteiger partial charge is 0.351 e. The van der Waals surface area contributed by atoms with Crippen molar-refractivity contribution >= 4 is 0 Å². The second-order valence-corrected chi connectivity index (χ2v) is 5.45. The number of aliphatic hydroxyl groups excluding tert-OH is 1. The number of aryl methyl sites for hydroxylation is 1. The van der Waals surface area contributed by atoms with Crippen molar-refractivity contribution < 1.29 is 19.3 Å². The molecule has 0 aliphatic carbocycles. The third-order valence-corrected chi connectivity index (χ3v) is 4.03. The third kappa shape index (κ3) is 2.94. The van der Waals surface area contributed by atoms with E-state index in [1.54, 1.807) is 24.9 Å². The molecule has 0 fully saturated rings. The predicted molar refractivity (Wildman–Crippen MR) is 87.9 cm³/mol. The Hall–Kier alpha value is -2.54. The lowest BCUT2D eigenvalue weighted by Crippen LogP contribution is -2.28. The van der Waals surface area contributed by atoms with Gasteiger partial charge in [-0.1, -0.05) is 0 Å². The number of ether oxygens (including phenoxy) is 3. The number of hydrogen-bond acceptors (Lipinski definition) is 6. The lowest BCUT2D eigenvalue weighted by atomic mass is 9.97. The Labute approximate surface area is 139 Å². The lowest BCUT2D eigenvalue weighted by Gasteiger charge is -2.23.